The molecule has 1 saturated carbocycles. The molecule has 1 aliphatic carbocycles. The van der Waals surface area contributed by atoms with Gasteiger partial charge in [-0.3, -0.25) is 0 Å². The van der Waals surface area contributed by atoms with Gasteiger partial charge in [0.2, 0.25) is 0 Å². The SMILES string of the molecule is CN[C@@]1(c2ccccc2Cl)CCCC[C@@H]1NCCCn1ccnc1. The number of benzene rings is 1. The zero-order valence-corrected chi connectivity index (χ0v) is 15.1. The number of hydrogen-bond acceptors (Lipinski definition) is 3. The van der Waals surface area contributed by atoms with Gasteiger partial charge in [-0.25, -0.2) is 4.98 Å². The van der Waals surface area contributed by atoms with Crippen LogP contribution in [-0.4, -0.2) is 29.2 Å². The van der Waals surface area contributed by atoms with Crippen LogP contribution in [0, 0.1) is 0 Å². The number of aryl methyl sites for hydroxylation is 1. The highest BCUT2D eigenvalue weighted by Gasteiger charge is 2.41. The Morgan fingerprint density at radius 2 is 2.21 bits per heavy atom. The van der Waals surface area contributed by atoms with E-state index in [9.17, 15) is 0 Å². The van der Waals surface area contributed by atoms with Crippen molar-refractivity contribution in [3.63, 3.8) is 0 Å². The number of imidazole rings is 1. The van der Waals surface area contributed by atoms with Crippen LogP contribution in [-0.2, 0) is 12.1 Å². The molecular formula is C19H27ClN4. The van der Waals surface area contributed by atoms with Crippen molar-refractivity contribution in [1.29, 1.82) is 0 Å². The van der Waals surface area contributed by atoms with Crippen LogP contribution in [0.1, 0.15) is 37.7 Å². The van der Waals surface area contributed by atoms with Crippen LogP contribution in [0.15, 0.2) is 43.0 Å². The largest absolute Gasteiger partial charge is 0.337 e. The monoisotopic (exact) mass is 346 g/mol. The highest BCUT2D eigenvalue weighted by molar-refractivity contribution is 6.31. The van der Waals surface area contributed by atoms with Crippen molar-refractivity contribution >= 4 is 11.6 Å². The third-order valence-electron chi connectivity index (χ3n) is 5.25. The molecule has 1 aromatic heterocycles. The Bertz CT molecular complexity index is 628. The van der Waals surface area contributed by atoms with E-state index < -0.39 is 0 Å². The fraction of sp³-hybridized carbons (Fsp3) is 0.526. The molecule has 0 aliphatic heterocycles. The first-order valence-electron chi connectivity index (χ1n) is 8.89. The van der Waals surface area contributed by atoms with Crippen molar-refractivity contribution in [2.75, 3.05) is 13.6 Å². The van der Waals surface area contributed by atoms with E-state index in [4.69, 9.17) is 11.6 Å². The van der Waals surface area contributed by atoms with E-state index in [-0.39, 0.29) is 5.54 Å². The molecule has 0 amide bonds. The third kappa shape index (κ3) is 3.66. The first-order valence-corrected chi connectivity index (χ1v) is 9.27. The van der Waals surface area contributed by atoms with Gasteiger partial charge in [-0.2, -0.15) is 0 Å². The summed E-state index contributed by atoms with van der Waals surface area (Å²) in [7, 11) is 2.06. The average molecular weight is 347 g/mol. The molecular weight excluding hydrogens is 320 g/mol. The maximum atomic E-state index is 6.54. The van der Waals surface area contributed by atoms with E-state index in [1.54, 1.807) is 0 Å². The number of nitrogens with zero attached hydrogens (tertiary/aromatic N) is 2. The summed E-state index contributed by atoms with van der Waals surface area (Å²) in [6, 6.07) is 8.67. The minimum absolute atomic E-state index is 0.0778. The van der Waals surface area contributed by atoms with E-state index in [0.717, 1.165) is 31.0 Å². The van der Waals surface area contributed by atoms with E-state index in [0.29, 0.717) is 6.04 Å². The Kier molecular flexibility index (Phi) is 5.93. The summed E-state index contributed by atoms with van der Waals surface area (Å²) in [6.45, 7) is 2.00. The Balaban J connectivity index is 1.68. The number of nitrogens with one attached hydrogen (secondary N) is 2. The average Bonchev–Trinajstić information content (AvgIpc) is 3.13. The number of halogens is 1. The zero-order valence-electron chi connectivity index (χ0n) is 14.3. The van der Waals surface area contributed by atoms with E-state index >= 15 is 0 Å². The van der Waals surface area contributed by atoms with E-state index in [2.05, 4.69) is 39.4 Å². The first kappa shape index (κ1) is 17.5. The molecule has 2 atom stereocenters. The van der Waals surface area contributed by atoms with Crippen LogP contribution in [0.4, 0.5) is 0 Å². The molecule has 4 nitrogen and oxygen atoms in total. The molecule has 1 aromatic carbocycles. The molecule has 3 rings (SSSR count). The summed E-state index contributed by atoms with van der Waals surface area (Å²) in [5.74, 6) is 0. The zero-order chi connectivity index (χ0) is 16.8. The molecule has 1 fully saturated rings. The Hall–Kier alpha value is -1.36. The van der Waals surface area contributed by atoms with Crippen LogP contribution < -0.4 is 10.6 Å². The molecule has 0 radical (unpaired) electrons. The smallest absolute Gasteiger partial charge is 0.0945 e. The summed E-state index contributed by atoms with van der Waals surface area (Å²) in [4.78, 5) is 4.09. The maximum Gasteiger partial charge on any atom is 0.0945 e. The first-order chi connectivity index (χ1) is 11.8. The molecule has 0 saturated heterocycles. The summed E-state index contributed by atoms with van der Waals surface area (Å²) in [6.07, 6.45) is 11.6. The van der Waals surface area contributed by atoms with Gasteiger partial charge in [0.1, 0.15) is 0 Å². The Morgan fingerprint density at radius 3 is 2.96 bits per heavy atom. The second kappa shape index (κ2) is 8.15. The van der Waals surface area contributed by atoms with Gasteiger partial charge in [-0.15, -0.1) is 0 Å². The molecule has 1 heterocycles. The lowest BCUT2D eigenvalue weighted by molar-refractivity contribution is 0.177. The van der Waals surface area contributed by atoms with Crippen LogP contribution in [0.25, 0.3) is 0 Å². The molecule has 0 spiro atoms. The summed E-state index contributed by atoms with van der Waals surface area (Å²) in [5.41, 5.74) is 1.15. The molecule has 0 bridgehead atoms. The number of aromatic nitrogens is 2. The van der Waals surface area contributed by atoms with Gasteiger partial charge in [0.05, 0.1) is 11.9 Å². The third-order valence-corrected chi connectivity index (χ3v) is 5.58. The Labute approximate surface area is 149 Å². The highest BCUT2D eigenvalue weighted by Crippen LogP contribution is 2.40. The molecule has 24 heavy (non-hydrogen) atoms. The van der Waals surface area contributed by atoms with Gasteiger partial charge in [-0.05, 0) is 44.5 Å². The summed E-state index contributed by atoms with van der Waals surface area (Å²) >= 11 is 6.54. The van der Waals surface area contributed by atoms with Crippen molar-refractivity contribution in [3.8, 4) is 0 Å². The van der Waals surface area contributed by atoms with Gasteiger partial charge >= 0.3 is 0 Å². The van der Waals surface area contributed by atoms with Gasteiger partial charge in [0.15, 0.2) is 0 Å². The fourth-order valence-corrected chi connectivity index (χ4v) is 4.29. The Morgan fingerprint density at radius 1 is 1.33 bits per heavy atom. The van der Waals surface area contributed by atoms with Crippen LogP contribution in [0.3, 0.4) is 0 Å². The summed E-state index contributed by atoms with van der Waals surface area (Å²) in [5, 5.41) is 8.27. The van der Waals surface area contributed by atoms with Crippen molar-refractivity contribution in [1.82, 2.24) is 20.2 Å². The van der Waals surface area contributed by atoms with Gasteiger partial charge in [0.25, 0.3) is 0 Å². The highest BCUT2D eigenvalue weighted by atomic mass is 35.5. The standard InChI is InChI=1S/C19H27ClN4/c1-21-19(16-7-2-3-8-17(16)20)10-5-4-9-18(19)23-11-6-13-24-14-12-22-15-24/h2-3,7-8,12,14-15,18,21,23H,4-6,9-11,13H2,1H3/t18-,19+/m0/s1. The molecule has 2 aromatic rings. The van der Waals surface area contributed by atoms with Gasteiger partial charge in [0, 0.05) is 30.0 Å². The van der Waals surface area contributed by atoms with Gasteiger partial charge in [-0.1, -0.05) is 42.6 Å². The van der Waals surface area contributed by atoms with Crippen molar-refractivity contribution in [3.05, 3.63) is 53.6 Å². The predicted molar refractivity (Wildman–Crippen MR) is 99.3 cm³/mol. The second-order valence-corrected chi connectivity index (χ2v) is 7.01. The molecule has 130 valence electrons. The number of hydrogen-bond donors (Lipinski definition) is 2. The van der Waals surface area contributed by atoms with Crippen LogP contribution in [0.5, 0.6) is 0 Å². The fourth-order valence-electron chi connectivity index (χ4n) is 3.99. The molecule has 2 N–H and O–H groups in total. The van der Waals surface area contributed by atoms with Crippen molar-refractivity contribution in [2.24, 2.45) is 0 Å². The lowest BCUT2D eigenvalue weighted by atomic mass is 9.72. The molecule has 5 heteroatoms. The predicted octanol–water partition coefficient (Wildman–Crippen LogP) is 3.57. The van der Waals surface area contributed by atoms with E-state index in [1.807, 2.05) is 30.9 Å². The topological polar surface area (TPSA) is 41.9 Å². The summed E-state index contributed by atoms with van der Waals surface area (Å²) < 4.78 is 2.13. The quantitative estimate of drug-likeness (QED) is 0.753. The number of rotatable bonds is 7. The maximum absolute atomic E-state index is 6.54. The minimum Gasteiger partial charge on any atom is -0.337 e. The lowest BCUT2D eigenvalue weighted by Gasteiger charge is -2.45. The second-order valence-electron chi connectivity index (χ2n) is 6.61. The van der Waals surface area contributed by atoms with Crippen LogP contribution >= 0.6 is 11.6 Å². The molecule has 1 aliphatic rings. The lowest BCUT2D eigenvalue weighted by Crippen LogP contribution is -2.58. The van der Waals surface area contributed by atoms with Crippen molar-refractivity contribution in [2.45, 2.75) is 50.2 Å². The van der Waals surface area contributed by atoms with Crippen LogP contribution in [0.2, 0.25) is 5.02 Å². The van der Waals surface area contributed by atoms with Crippen molar-refractivity contribution < 1.29 is 0 Å². The number of likely N-dealkylation sites (N-methyl/N-ethyl adjacent to an activating group) is 1. The normalized spacial score (nSPS) is 24.2. The molecule has 0 unspecified atom stereocenters. The van der Waals surface area contributed by atoms with E-state index in [1.165, 1.54) is 24.8 Å². The minimum atomic E-state index is -0.0778. The van der Waals surface area contributed by atoms with Gasteiger partial charge < -0.3 is 15.2 Å².